The van der Waals surface area contributed by atoms with E-state index >= 15 is 0 Å². The van der Waals surface area contributed by atoms with Crippen LogP contribution in [0.15, 0.2) is 30.6 Å². The first-order valence-electron chi connectivity index (χ1n) is 5.95. The molecule has 2 N–H and O–H groups in total. The highest BCUT2D eigenvalue weighted by molar-refractivity contribution is 5.93. The van der Waals surface area contributed by atoms with Gasteiger partial charge in [-0.05, 0) is 25.1 Å². The van der Waals surface area contributed by atoms with Gasteiger partial charge in [-0.2, -0.15) is 5.26 Å². The lowest BCUT2D eigenvalue weighted by Crippen LogP contribution is -2.05. The summed E-state index contributed by atoms with van der Waals surface area (Å²) < 4.78 is 4.94. The highest BCUT2D eigenvalue weighted by Gasteiger charge is 2.11. The van der Waals surface area contributed by atoms with Gasteiger partial charge in [0, 0.05) is 29.2 Å². The van der Waals surface area contributed by atoms with E-state index in [9.17, 15) is 4.79 Å². The van der Waals surface area contributed by atoms with Crippen molar-refractivity contribution in [3.63, 3.8) is 0 Å². The monoisotopic (exact) mass is 268 g/mol. The van der Waals surface area contributed by atoms with Crippen LogP contribution in [0.1, 0.15) is 23.1 Å². The van der Waals surface area contributed by atoms with Gasteiger partial charge in [0.2, 0.25) is 5.82 Å². The van der Waals surface area contributed by atoms with Crippen LogP contribution < -0.4 is 5.73 Å². The number of hydrogen-bond donors (Lipinski definition) is 1. The number of benzene rings is 1. The molecule has 0 aliphatic carbocycles. The third-order valence-corrected chi connectivity index (χ3v) is 2.63. The number of nitriles is 1. The number of esters is 1. The molecule has 1 aromatic heterocycles. The largest absolute Gasteiger partial charge is 0.462 e. The topological polar surface area (TPSA) is 102 Å². The van der Waals surface area contributed by atoms with Crippen LogP contribution in [0.2, 0.25) is 0 Å². The van der Waals surface area contributed by atoms with Gasteiger partial charge < -0.3 is 10.5 Å². The zero-order chi connectivity index (χ0) is 14.5. The Kier molecular flexibility index (Phi) is 3.91. The molecule has 0 saturated carbocycles. The van der Waals surface area contributed by atoms with Crippen molar-refractivity contribution < 1.29 is 9.53 Å². The van der Waals surface area contributed by atoms with E-state index in [1.54, 1.807) is 25.1 Å². The first kappa shape index (κ1) is 13.5. The van der Waals surface area contributed by atoms with Crippen molar-refractivity contribution in [3.8, 4) is 17.2 Å². The molecule has 0 fully saturated rings. The average molecular weight is 268 g/mol. The molecule has 0 aliphatic rings. The van der Waals surface area contributed by atoms with E-state index in [1.165, 1.54) is 12.4 Å². The standard InChI is InChI=1S/C14H12N4O2/c1-2-20-14(19)9-3-4-12(16)11(5-9)10-7-17-13(6-15)18-8-10/h3-5,7-8H,2,16H2,1H3. The maximum atomic E-state index is 11.7. The molecular weight excluding hydrogens is 256 g/mol. The van der Waals surface area contributed by atoms with Crippen LogP contribution in [-0.4, -0.2) is 22.5 Å². The summed E-state index contributed by atoms with van der Waals surface area (Å²) >= 11 is 0. The lowest BCUT2D eigenvalue weighted by Gasteiger charge is -2.08. The number of ether oxygens (including phenoxy) is 1. The number of nitrogen functional groups attached to an aromatic ring is 1. The zero-order valence-corrected chi connectivity index (χ0v) is 10.8. The van der Waals surface area contributed by atoms with Crippen molar-refractivity contribution in [3.05, 3.63) is 42.0 Å². The van der Waals surface area contributed by atoms with E-state index in [1.807, 2.05) is 6.07 Å². The van der Waals surface area contributed by atoms with E-state index in [4.69, 9.17) is 15.7 Å². The minimum Gasteiger partial charge on any atom is -0.462 e. The second-order valence-corrected chi connectivity index (χ2v) is 3.93. The van der Waals surface area contributed by atoms with Gasteiger partial charge in [-0.15, -0.1) is 0 Å². The summed E-state index contributed by atoms with van der Waals surface area (Å²) in [6, 6.07) is 6.69. The van der Waals surface area contributed by atoms with Crippen molar-refractivity contribution in [1.29, 1.82) is 5.26 Å². The Balaban J connectivity index is 2.42. The highest BCUT2D eigenvalue weighted by Crippen LogP contribution is 2.26. The molecule has 0 bridgehead atoms. The number of carbonyl (C=O) groups is 1. The molecule has 6 nitrogen and oxygen atoms in total. The quantitative estimate of drug-likeness (QED) is 0.672. The van der Waals surface area contributed by atoms with E-state index < -0.39 is 5.97 Å². The Bertz CT molecular complexity index is 675. The second-order valence-electron chi connectivity index (χ2n) is 3.93. The minimum absolute atomic E-state index is 0.0777. The molecule has 0 aliphatic heterocycles. The third-order valence-electron chi connectivity index (χ3n) is 2.63. The lowest BCUT2D eigenvalue weighted by molar-refractivity contribution is 0.0526. The smallest absolute Gasteiger partial charge is 0.338 e. The molecule has 6 heteroatoms. The van der Waals surface area contributed by atoms with Crippen molar-refractivity contribution in [2.75, 3.05) is 12.3 Å². The number of nitrogens with zero attached hydrogens (tertiary/aromatic N) is 3. The van der Waals surface area contributed by atoms with Gasteiger partial charge in [0.25, 0.3) is 0 Å². The van der Waals surface area contributed by atoms with Crippen LogP contribution >= 0.6 is 0 Å². The molecule has 0 unspecified atom stereocenters. The number of rotatable bonds is 3. The number of nitrogens with two attached hydrogens (primary N) is 1. The van der Waals surface area contributed by atoms with Crippen LogP contribution in [0, 0.1) is 11.3 Å². The number of carbonyl (C=O) groups excluding carboxylic acids is 1. The average Bonchev–Trinajstić information content (AvgIpc) is 2.48. The minimum atomic E-state index is -0.414. The Morgan fingerprint density at radius 1 is 1.40 bits per heavy atom. The van der Waals surface area contributed by atoms with Gasteiger partial charge in [-0.3, -0.25) is 0 Å². The molecule has 0 amide bonds. The second kappa shape index (κ2) is 5.80. The first-order valence-corrected chi connectivity index (χ1v) is 5.95. The Morgan fingerprint density at radius 3 is 2.70 bits per heavy atom. The fourth-order valence-corrected chi connectivity index (χ4v) is 1.67. The van der Waals surface area contributed by atoms with Crippen molar-refractivity contribution in [2.45, 2.75) is 6.92 Å². The first-order chi connectivity index (χ1) is 9.65. The van der Waals surface area contributed by atoms with Gasteiger partial charge in [-0.25, -0.2) is 14.8 Å². The van der Waals surface area contributed by atoms with Gasteiger partial charge in [0.15, 0.2) is 0 Å². The van der Waals surface area contributed by atoms with Gasteiger partial charge in [0.1, 0.15) is 6.07 Å². The van der Waals surface area contributed by atoms with E-state index in [2.05, 4.69) is 9.97 Å². The summed E-state index contributed by atoms with van der Waals surface area (Å²) in [6.07, 6.45) is 2.98. The molecular formula is C14H12N4O2. The molecule has 2 rings (SSSR count). The fraction of sp³-hybridized carbons (Fsp3) is 0.143. The molecule has 0 atom stereocenters. The molecule has 0 spiro atoms. The number of hydrogen-bond acceptors (Lipinski definition) is 6. The van der Waals surface area contributed by atoms with Gasteiger partial charge in [-0.1, -0.05) is 0 Å². The zero-order valence-electron chi connectivity index (χ0n) is 10.8. The summed E-state index contributed by atoms with van der Waals surface area (Å²) in [7, 11) is 0. The van der Waals surface area contributed by atoms with Crippen molar-refractivity contribution >= 4 is 11.7 Å². The molecule has 1 aromatic carbocycles. The van der Waals surface area contributed by atoms with Crippen molar-refractivity contribution in [1.82, 2.24) is 9.97 Å². The normalized spacial score (nSPS) is 9.80. The Labute approximate surface area is 115 Å². The third kappa shape index (κ3) is 2.72. The SMILES string of the molecule is CCOC(=O)c1ccc(N)c(-c2cnc(C#N)nc2)c1. The van der Waals surface area contributed by atoms with E-state index in [-0.39, 0.29) is 5.82 Å². The summed E-state index contributed by atoms with van der Waals surface area (Å²) in [5.41, 5.74) is 8.05. The van der Waals surface area contributed by atoms with E-state index in [0.717, 1.165) is 0 Å². The predicted molar refractivity (Wildman–Crippen MR) is 72.6 cm³/mol. The van der Waals surface area contributed by atoms with Gasteiger partial charge >= 0.3 is 5.97 Å². The summed E-state index contributed by atoms with van der Waals surface area (Å²) in [5, 5.41) is 8.67. The van der Waals surface area contributed by atoms with Crippen LogP contribution in [0.3, 0.4) is 0 Å². The Hall–Kier alpha value is -2.94. The summed E-state index contributed by atoms with van der Waals surface area (Å²) in [6.45, 7) is 2.04. The summed E-state index contributed by atoms with van der Waals surface area (Å²) in [4.78, 5) is 19.5. The predicted octanol–water partition coefficient (Wildman–Crippen LogP) is 1.77. The molecule has 1 heterocycles. The molecule has 20 heavy (non-hydrogen) atoms. The molecule has 100 valence electrons. The highest BCUT2D eigenvalue weighted by atomic mass is 16.5. The molecule has 0 saturated heterocycles. The number of aromatic nitrogens is 2. The number of anilines is 1. The van der Waals surface area contributed by atoms with Crippen LogP contribution in [-0.2, 0) is 4.74 Å². The fourth-order valence-electron chi connectivity index (χ4n) is 1.67. The van der Waals surface area contributed by atoms with Crippen molar-refractivity contribution in [2.24, 2.45) is 0 Å². The van der Waals surface area contributed by atoms with Crippen LogP contribution in [0.5, 0.6) is 0 Å². The maximum Gasteiger partial charge on any atom is 0.338 e. The van der Waals surface area contributed by atoms with E-state index in [0.29, 0.717) is 29.0 Å². The summed E-state index contributed by atoms with van der Waals surface area (Å²) in [5.74, 6) is -0.336. The maximum absolute atomic E-state index is 11.7. The lowest BCUT2D eigenvalue weighted by atomic mass is 10.0. The molecule has 0 radical (unpaired) electrons. The van der Waals surface area contributed by atoms with Crippen LogP contribution in [0.25, 0.3) is 11.1 Å². The van der Waals surface area contributed by atoms with Gasteiger partial charge in [0.05, 0.1) is 12.2 Å². The Morgan fingerprint density at radius 2 is 2.10 bits per heavy atom. The molecule has 2 aromatic rings. The van der Waals surface area contributed by atoms with Crippen LogP contribution in [0.4, 0.5) is 5.69 Å².